The van der Waals surface area contributed by atoms with Gasteiger partial charge in [0.25, 0.3) is 0 Å². The minimum atomic E-state index is -0.108. The van der Waals surface area contributed by atoms with Gasteiger partial charge in [-0.25, -0.2) is 0 Å². The van der Waals surface area contributed by atoms with Crippen molar-refractivity contribution in [3.05, 3.63) is 58.7 Å². The Morgan fingerprint density at radius 2 is 1.68 bits per heavy atom. The minimum absolute atomic E-state index is 0.108. The van der Waals surface area contributed by atoms with E-state index in [0.717, 1.165) is 0 Å². The van der Waals surface area contributed by atoms with Gasteiger partial charge in [-0.15, -0.1) is 0 Å². The average molecular weight is 256 g/mol. The van der Waals surface area contributed by atoms with Gasteiger partial charge in [-0.05, 0) is 49.2 Å². The Bertz CT molecular complexity index is 607. The van der Waals surface area contributed by atoms with Crippen LogP contribution in [0.15, 0.2) is 36.4 Å². The number of ketones is 1. The third-order valence-electron chi connectivity index (χ3n) is 3.10. The van der Waals surface area contributed by atoms with Crippen molar-refractivity contribution < 1.29 is 14.6 Å². The van der Waals surface area contributed by atoms with Crippen molar-refractivity contribution in [3.8, 4) is 11.5 Å². The molecule has 2 aromatic rings. The van der Waals surface area contributed by atoms with Gasteiger partial charge in [0.15, 0.2) is 5.78 Å². The maximum Gasteiger partial charge on any atom is 0.196 e. The molecular weight excluding hydrogens is 240 g/mol. The first kappa shape index (κ1) is 13.1. The molecule has 0 aromatic heterocycles. The highest BCUT2D eigenvalue weighted by Crippen LogP contribution is 2.26. The molecule has 0 saturated heterocycles. The summed E-state index contributed by atoms with van der Waals surface area (Å²) in [5, 5.41) is 9.75. The molecule has 0 fully saturated rings. The first-order chi connectivity index (χ1) is 9.04. The summed E-state index contributed by atoms with van der Waals surface area (Å²) < 4.78 is 5.20. The third kappa shape index (κ3) is 2.45. The van der Waals surface area contributed by atoms with Gasteiger partial charge in [0.1, 0.15) is 11.5 Å². The summed E-state index contributed by atoms with van der Waals surface area (Å²) in [6, 6.07) is 10.5. The van der Waals surface area contributed by atoms with Gasteiger partial charge >= 0.3 is 0 Å². The molecule has 0 aliphatic heterocycles. The molecule has 0 unspecified atom stereocenters. The molecule has 19 heavy (non-hydrogen) atoms. The van der Waals surface area contributed by atoms with Crippen molar-refractivity contribution >= 4 is 5.78 Å². The van der Waals surface area contributed by atoms with Crippen LogP contribution in [0.25, 0.3) is 0 Å². The molecule has 0 amide bonds. The Kier molecular flexibility index (Phi) is 3.56. The van der Waals surface area contributed by atoms with Gasteiger partial charge in [0.05, 0.1) is 12.7 Å². The van der Waals surface area contributed by atoms with Crippen molar-refractivity contribution in [3.63, 3.8) is 0 Å². The van der Waals surface area contributed by atoms with E-state index in [0.29, 0.717) is 28.0 Å². The molecule has 98 valence electrons. The Labute approximate surface area is 112 Å². The Hall–Kier alpha value is -2.29. The van der Waals surface area contributed by atoms with Gasteiger partial charge in [0.2, 0.25) is 0 Å². The monoisotopic (exact) mass is 256 g/mol. The van der Waals surface area contributed by atoms with E-state index in [9.17, 15) is 9.90 Å². The van der Waals surface area contributed by atoms with Gasteiger partial charge in [-0.2, -0.15) is 0 Å². The third-order valence-corrected chi connectivity index (χ3v) is 3.10. The van der Waals surface area contributed by atoms with Crippen molar-refractivity contribution in [2.75, 3.05) is 7.11 Å². The lowest BCUT2D eigenvalue weighted by Gasteiger charge is -2.10. The second kappa shape index (κ2) is 5.14. The number of hydrogen-bond donors (Lipinski definition) is 1. The van der Waals surface area contributed by atoms with Crippen LogP contribution in [-0.4, -0.2) is 18.0 Å². The van der Waals surface area contributed by atoms with Crippen LogP contribution in [0.3, 0.4) is 0 Å². The minimum Gasteiger partial charge on any atom is -0.507 e. The van der Waals surface area contributed by atoms with Crippen LogP contribution in [0.2, 0.25) is 0 Å². The predicted octanol–water partition coefficient (Wildman–Crippen LogP) is 3.25. The second-order valence-electron chi connectivity index (χ2n) is 4.49. The van der Waals surface area contributed by atoms with E-state index in [4.69, 9.17) is 4.74 Å². The topological polar surface area (TPSA) is 46.5 Å². The van der Waals surface area contributed by atoms with Gasteiger partial charge in [0, 0.05) is 5.56 Å². The molecule has 2 aromatic carbocycles. The Morgan fingerprint density at radius 1 is 1.11 bits per heavy atom. The van der Waals surface area contributed by atoms with Crippen LogP contribution in [0.1, 0.15) is 27.0 Å². The molecule has 0 saturated carbocycles. The normalized spacial score (nSPS) is 10.3. The fourth-order valence-corrected chi connectivity index (χ4v) is 2.07. The van der Waals surface area contributed by atoms with Crippen LogP contribution in [0.5, 0.6) is 11.5 Å². The summed E-state index contributed by atoms with van der Waals surface area (Å²) in [5.74, 6) is 0.677. The predicted molar refractivity (Wildman–Crippen MR) is 74.0 cm³/mol. The fraction of sp³-hybridized carbons (Fsp3) is 0.188. The van der Waals surface area contributed by atoms with E-state index >= 15 is 0 Å². The molecule has 0 aliphatic rings. The zero-order valence-corrected chi connectivity index (χ0v) is 11.2. The van der Waals surface area contributed by atoms with Crippen molar-refractivity contribution in [1.82, 2.24) is 0 Å². The standard InChI is InChI=1S/C16H16O3/c1-10-8-12(9-11(2)15(10)17)16(18)13-6-4-5-7-14(13)19-3/h4-9,17H,1-3H3. The van der Waals surface area contributed by atoms with E-state index in [1.54, 1.807) is 51.3 Å². The molecule has 0 heterocycles. The molecule has 2 rings (SSSR count). The zero-order chi connectivity index (χ0) is 14.0. The average Bonchev–Trinajstić information content (AvgIpc) is 2.43. The van der Waals surface area contributed by atoms with Crippen LogP contribution in [-0.2, 0) is 0 Å². The molecule has 0 bridgehead atoms. The van der Waals surface area contributed by atoms with Gasteiger partial charge < -0.3 is 9.84 Å². The maximum absolute atomic E-state index is 12.5. The summed E-state index contributed by atoms with van der Waals surface area (Å²) in [4.78, 5) is 12.5. The Morgan fingerprint density at radius 3 is 2.26 bits per heavy atom. The number of hydrogen-bond acceptors (Lipinski definition) is 3. The highest BCUT2D eigenvalue weighted by Gasteiger charge is 2.15. The van der Waals surface area contributed by atoms with Crippen molar-refractivity contribution in [2.45, 2.75) is 13.8 Å². The van der Waals surface area contributed by atoms with Crippen LogP contribution < -0.4 is 4.74 Å². The second-order valence-corrected chi connectivity index (χ2v) is 4.49. The summed E-state index contributed by atoms with van der Waals surface area (Å²) in [5.41, 5.74) is 2.46. The summed E-state index contributed by atoms with van der Waals surface area (Å²) >= 11 is 0. The van der Waals surface area contributed by atoms with Crippen LogP contribution in [0, 0.1) is 13.8 Å². The number of phenolic OH excluding ortho intramolecular Hbond substituents is 1. The number of rotatable bonds is 3. The maximum atomic E-state index is 12.5. The molecule has 0 spiro atoms. The number of phenols is 1. The van der Waals surface area contributed by atoms with Crippen LogP contribution >= 0.6 is 0 Å². The molecular formula is C16H16O3. The lowest BCUT2D eigenvalue weighted by atomic mass is 9.98. The highest BCUT2D eigenvalue weighted by atomic mass is 16.5. The fourth-order valence-electron chi connectivity index (χ4n) is 2.07. The van der Waals surface area contributed by atoms with E-state index < -0.39 is 0 Å². The Balaban J connectivity index is 2.50. The van der Waals surface area contributed by atoms with Gasteiger partial charge in [-0.1, -0.05) is 12.1 Å². The number of carbonyl (C=O) groups is 1. The number of aryl methyl sites for hydroxylation is 2. The molecule has 3 nitrogen and oxygen atoms in total. The lowest BCUT2D eigenvalue weighted by Crippen LogP contribution is -2.04. The summed E-state index contributed by atoms with van der Waals surface area (Å²) in [6.45, 7) is 3.56. The summed E-state index contributed by atoms with van der Waals surface area (Å²) in [6.07, 6.45) is 0. The quantitative estimate of drug-likeness (QED) is 0.857. The largest absolute Gasteiger partial charge is 0.507 e. The molecule has 0 radical (unpaired) electrons. The first-order valence-electron chi connectivity index (χ1n) is 6.02. The number of para-hydroxylation sites is 1. The number of benzene rings is 2. The van der Waals surface area contributed by atoms with Crippen molar-refractivity contribution in [2.24, 2.45) is 0 Å². The number of carbonyl (C=O) groups excluding carboxylic acids is 1. The van der Waals surface area contributed by atoms with Crippen molar-refractivity contribution in [1.29, 1.82) is 0 Å². The zero-order valence-electron chi connectivity index (χ0n) is 11.2. The molecule has 1 N–H and O–H groups in total. The lowest BCUT2D eigenvalue weighted by molar-refractivity contribution is 0.103. The smallest absolute Gasteiger partial charge is 0.196 e. The van der Waals surface area contributed by atoms with E-state index in [-0.39, 0.29) is 11.5 Å². The highest BCUT2D eigenvalue weighted by molar-refractivity contribution is 6.11. The number of aromatic hydroxyl groups is 1. The van der Waals surface area contributed by atoms with Gasteiger partial charge in [-0.3, -0.25) is 4.79 Å². The number of ether oxygens (including phenoxy) is 1. The molecule has 3 heteroatoms. The SMILES string of the molecule is COc1ccccc1C(=O)c1cc(C)c(O)c(C)c1. The summed E-state index contributed by atoms with van der Waals surface area (Å²) in [7, 11) is 1.54. The molecule has 0 atom stereocenters. The first-order valence-corrected chi connectivity index (χ1v) is 6.02. The number of methoxy groups -OCH3 is 1. The molecule has 0 aliphatic carbocycles. The van der Waals surface area contributed by atoms with E-state index in [1.165, 1.54) is 0 Å². The van der Waals surface area contributed by atoms with E-state index in [1.807, 2.05) is 6.07 Å². The van der Waals surface area contributed by atoms with E-state index in [2.05, 4.69) is 0 Å². The van der Waals surface area contributed by atoms with Crippen LogP contribution in [0.4, 0.5) is 0 Å².